The van der Waals surface area contributed by atoms with Gasteiger partial charge < -0.3 is 10.4 Å². The summed E-state index contributed by atoms with van der Waals surface area (Å²) in [5.74, 6) is -1.11. The third-order valence-electron chi connectivity index (χ3n) is 1.95. The maximum Gasteiger partial charge on any atom is 0.126 e. The van der Waals surface area contributed by atoms with Gasteiger partial charge in [-0.15, -0.1) is 0 Å². The molecule has 0 radical (unpaired) electrons. The monoisotopic (exact) mass is 215 g/mol. The first-order valence-electron chi connectivity index (χ1n) is 4.91. The van der Waals surface area contributed by atoms with E-state index in [1.807, 2.05) is 0 Å². The highest BCUT2D eigenvalue weighted by atomic mass is 19.1. The molecular weight excluding hydrogens is 200 g/mol. The Labute approximate surface area is 87.9 Å². The van der Waals surface area contributed by atoms with E-state index in [4.69, 9.17) is 5.11 Å². The Morgan fingerprint density at radius 1 is 1.27 bits per heavy atom. The molecule has 0 aliphatic carbocycles. The molecule has 0 saturated heterocycles. The average molecular weight is 215 g/mol. The van der Waals surface area contributed by atoms with Crippen LogP contribution >= 0.6 is 0 Å². The summed E-state index contributed by atoms with van der Waals surface area (Å²) in [5.41, 5.74) is 0.616. The van der Waals surface area contributed by atoms with Crippen LogP contribution in [0.5, 0.6) is 0 Å². The van der Waals surface area contributed by atoms with Gasteiger partial charge in [0.1, 0.15) is 11.6 Å². The number of aliphatic hydroxyl groups excluding tert-OH is 1. The van der Waals surface area contributed by atoms with Crippen molar-refractivity contribution in [2.75, 3.05) is 13.1 Å². The highest BCUT2D eigenvalue weighted by molar-refractivity contribution is 5.18. The van der Waals surface area contributed by atoms with E-state index in [1.165, 1.54) is 12.1 Å². The van der Waals surface area contributed by atoms with Crippen molar-refractivity contribution in [3.63, 3.8) is 0 Å². The Hall–Kier alpha value is -1.00. The van der Waals surface area contributed by atoms with Crippen molar-refractivity contribution in [2.45, 2.75) is 19.4 Å². The first-order valence-corrected chi connectivity index (χ1v) is 4.91. The fourth-order valence-corrected chi connectivity index (χ4v) is 1.30. The number of rotatable bonds is 5. The second-order valence-electron chi connectivity index (χ2n) is 3.58. The predicted octanol–water partition coefficient (Wildman–Crippen LogP) is 1.48. The zero-order valence-electron chi connectivity index (χ0n) is 8.63. The van der Waals surface area contributed by atoms with E-state index < -0.39 is 17.7 Å². The molecule has 15 heavy (non-hydrogen) atoms. The van der Waals surface area contributed by atoms with Gasteiger partial charge in [-0.25, -0.2) is 8.78 Å². The molecule has 0 spiro atoms. The number of hydrogen-bond donors (Lipinski definition) is 2. The summed E-state index contributed by atoms with van der Waals surface area (Å²) < 4.78 is 25.5. The molecule has 1 aromatic rings. The van der Waals surface area contributed by atoms with Gasteiger partial charge >= 0.3 is 0 Å². The highest BCUT2D eigenvalue weighted by Gasteiger charge is 2.00. The molecule has 1 unspecified atom stereocenters. The topological polar surface area (TPSA) is 32.3 Å². The molecule has 84 valence electrons. The molecule has 2 nitrogen and oxygen atoms in total. The van der Waals surface area contributed by atoms with Crippen molar-refractivity contribution in [3.05, 3.63) is 35.4 Å². The third-order valence-corrected chi connectivity index (χ3v) is 1.95. The summed E-state index contributed by atoms with van der Waals surface area (Å²) in [7, 11) is 0. The first kappa shape index (κ1) is 12.1. The van der Waals surface area contributed by atoms with Crippen molar-refractivity contribution in [2.24, 2.45) is 0 Å². The van der Waals surface area contributed by atoms with Crippen molar-refractivity contribution in [1.29, 1.82) is 0 Å². The lowest BCUT2D eigenvalue weighted by molar-refractivity contribution is 0.191. The minimum atomic E-state index is -0.555. The van der Waals surface area contributed by atoms with E-state index in [2.05, 4.69) is 5.32 Å². The van der Waals surface area contributed by atoms with E-state index in [1.54, 1.807) is 6.92 Å². The van der Waals surface area contributed by atoms with Crippen LogP contribution in [0.2, 0.25) is 0 Å². The zero-order valence-corrected chi connectivity index (χ0v) is 8.63. The van der Waals surface area contributed by atoms with E-state index in [0.29, 0.717) is 25.1 Å². The van der Waals surface area contributed by atoms with Gasteiger partial charge in [-0.3, -0.25) is 0 Å². The minimum Gasteiger partial charge on any atom is -0.392 e. The lowest BCUT2D eigenvalue weighted by atomic mass is 10.1. The molecule has 0 aliphatic rings. The fraction of sp³-hybridized carbons (Fsp3) is 0.455. The van der Waals surface area contributed by atoms with Gasteiger partial charge in [-0.05, 0) is 37.6 Å². The molecule has 0 fully saturated rings. The maximum atomic E-state index is 12.8. The number of hydrogen-bond acceptors (Lipinski definition) is 2. The van der Waals surface area contributed by atoms with Gasteiger partial charge in [0, 0.05) is 12.6 Å². The molecule has 0 aromatic heterocycles. The smallest absolute Gasteiger partial charge is 0.126 e. The average Bonchev–Trinajstić information content (AvgIpc) is 2.10. The van der Waals surface area contributed by atoms with Crippen LogP contribution in [-0.2, 0) is 6.42 Å². The predicted molar refractivity (Wildman–Crippen MR) is 54.6 cm³/mol. The molecular formula is C11H15F2NO. The third kappa shape index (κ3) is 4.85. The van der Waals surface area contributed by atoms with Gasteiger partial charge in [-0.1, -0.05) is 0 Å². The summed E-state index contributed by atoms with van der Waals surface area (Å²) >= 11 is 0. The zero-order chi connectivity index (χ0) is 11.3. The SMILES string of the molecule is CC(O)CNCCc1cc(F)cc(F)c1. The maximum absolute atomic E-state index is 12.8. The highest BCUT2D eigenvalue weighted by Crippen LogP contribution is 2.07. The largest absolute Gasteiger partial charge is 0.392 e. The molecule has 1 aromatic carbocycles. The van der Waals surface area contributed by atoms with Crippen molar-refractivity contribution in [3.8, 4) is 0 Å². The summed E-state index contributed by atoms with van der Waals surface area (Å²) in [6, 6.07) is 3.48. The lowest BCUT2D eigenvalue weighted by Gasteiger charge is -2.06. The van der Waals surface area contributed by atoms with E-state index in [-0.39, 0.29) is 0 Å². The second-order valence-corrected chi connectivity index (χ2v) is 3.58. The molecule has 0 aliphatic heterocycles. The van der Waals surface area contributed by atoms with Gasteiger partial charge in [0.2, 0.25) is 0 Å². The molecule has 0 saturated carbocycles. The Morgan fingerprint density at radius 3 is 2.40 bits per heavy atom. The molecule has 2 N–H and O–H groups in total. The van der Waals surface area contributed by atoms with Crippen LogP contribution in [0.25, 0.3) is 0 Å². The number of benzene rings is 1. The van der Waals surface area contributed by atoms with Crippen LogP contribution in [0.1, 0.15) is 12.5 Å². The Morgan fingerprint density at radius 2 is 1.87 bits per heavy atom. The van der Waals surface area contributed by atoms with Crippen LogP contribution in [0.15, 0.2) is 18.2 Å². The van der Waals surface area contributed by atoms with Crippen molar-refractivity contribution < 1.29 is 13.9 Å². The molecule has 0 heterocycles. The van der Waals surface area contributed by atoms with Crippen LogP contribution in [0, 0.1) is 11.6 Å². The minimum absolute atomic E-state index is 0.408. The molecule has 1 atom stereocenters. The fourth-order valence-electron chi connectivity index (χ4n) is 1.30. The molecule has 0 amide bonds. The Kier molecular flexibility index (Phi) is 4.65. The summed E-state index contributed by atoms with van der Waals surface area (Å²) in [6.07, 6.45) is 0.135. The van der Waals surface area contributed by atoms with Crippen LogP contribution < -0.4 is 5.32 Å². The Bertz CT molecular complexity index is 295. The quantitative estimate of drug-likeness (QED) is 0.729. The van der Waals surface area contributed by atoms with E-state index in [0.717, 1.165) is 6.07 Å². The normalized spacial score (nSPS) is 12.8. The standard InChI is InChI=1S/C11H15F2NO/c1-8(15)7-14-3-2-9-4-10(12)6-11(13)5-9/h4-6,8,14-15H,2-3,7H2,1H3. The van der Waals surface area contributed by atoms with Crippen LogP contribution in [0.3, 0.4) is 0 Å². The van der Waals surface area contributed by atoms with Gasteiger partial charge in [-0.2, -0.15) is 0 Å². The van der Waals surface area contributed by atoms with E-state index in [9.17, 15) is 8.78 Å². The van der Waals surface area contributed by atoms with Gasteiger partial charge in [0.15, 0.2) is 0 Å². The summed E-state index contributed by atoms with van der Waals surface area (Å²) in [5, 5.41) is 11.9. The first-order chi connectivity index (χ1) is 7.08. The van der Waals surface area contributed by atoms with Crippen molar-refractivity contribution in [1.82, 2.24) is 5.32 Å². The Balaban J connectivity index is 2.37. The molecule has 0 bridgehead atoms. The second kappa shape index (κ2) is 5.78. The number of halogens is 2. The lowest BCUT2D eigenvalue weighted by Crippen LogP contribution is -2.26. The molecule has 4 heteroatoms. The van der Waals surface area contributed by atoms with Crippen LogP contribution in [0.4, 0.5) is 8.78 Å². The summed E-state index contributed by atoms with van der Waals surface area (Å²) in [4.78, 5) is 0. The number of aliphatic hydroxyl groups is 1. The molecule has 1 rings (SSSR count). The van der Waals surface area contributed by atoms with Gasteiger partial charge in [0.05, 0.1) is 6.10 Å². The van der Waals surface area contributed by atoms with Crippen molar-refractivity contribution >= 4 is 0 Å². The summed E-state index contributed by atoms with van der Waals surface area (Å²) in [6.45, 7) is 2.75. The van der Waals surface area contributed by atoms with Gasteiger partial charge in [0.25, 0.3) is 0 Å². The van der Waals surface area contributed by atoms with E-state index >= 15 is 0 Å². The van der Waals surface area contributed by atoms with Crippen LogP contribution in [-0.4, -0.2) is 24.3 Å². The number of nitrogens with one attached hydrogen (secondary N) is 1.